The highest BCUT2D eigenvalue weighted by Crippen LogP contribution is 2.40. The zero-order valence-corrected chi connectivity index (χ0v) is 29.7. The minimum Gasteiger partial charge on any atom is -0.507 e. The third-order valence-corrected chi connectivity index (χ3v) is 9.32. The molecule has 0 fully saturated rings. The van der Waals surface area contributed by atoms with Gasteiger partial charge in [0.05, 0.1) is 13.0 Å². The van der Waals surface area contributed by atoms with Gasteiger partial charge in [-0.05, 0) is 52.5 Å². The summed E-state index contributed by atoms with van der Waals surface area (Å²) in [6.45, 7) is 15.8. The Morgan fingerprint density at radius 3 is 1.52 bits per heavy atom. The van der Waals surface area contributed by atoms with Crippen LogP contribution in [-0.2, 0) is 26.8 Å². The van der Waals surface area contributed by atoms with Gasteiger partial charge in [0.25, 0.3) is 0 Å². The predicted octanol–water partition coefficient (Wildman–Crippen LogP) is 11.8. The molecule has 3 nitrogen and oxygen atoms in total. The molecule has 0 amide bonds. The van der Waals surface area contributed by atoms with Crippen LogP contribution in [-0.4, -0.2) is 29.2 Å². The van der Waals surface area contributed by atoms with Crippen LogP contribution < -0.4 is 0 Å². The Balaban J connectivity index is 2.02. The summed E-state index contributed by atoms with van der Waals surface area (Å²) >= 11 is 1.84. The Hall–Kier alpha value is -1.16. The van der Waals surface area contributed by atoms with Gasteiger partial charge >= 0.3 is 5.97 Å². The molecular weight excluding hydrogens is 536 g/mol. The SMILES string of the molecule is CCCCCCCCCCCCCCCCCCOC(=O)CCSCCCc1cc(C(C)(C)C)c(O)c(C(C)(C)C)c1. The van der Waals surface area contributed by atoms with E-state index in [0.717, 1.165) is 41.9 Å². The lowest BCUT2D eigenvalue weighted by molar-refractivity contribution is -0.143. The minimum atomic E-state index is -0.0959. The molecule has 1 aromatic carbocycles. The molecule has 0 unspecified atom stereocenters. The first-order valence-corrected chi connectivity index (χ1v) is 18.7. The van der Waals surface area contributed by atoms with Gasteiger partial charge in [-0.1, -0.05) is 157 Å². The maximum absolute atomic E-state index is 12.1. The van der Waals surface area contributed by atoms with Crippen molar-refractivity contribution >= 4 is 17.7 Å². The lowest BCUT2D eigenvalue weighted by atomic mass is 9.78. The van der Waals surface area contributed by atoms with Crippen LogP contribution in [0.15, 0.2) is 12.1 Å². The summed E-state index contributed by atoms with van der Waals surface area (Å²) in [5.74, 6) is 2.26. The number of aromatic hydroxyl groups is 1. The third kappa shape index (κ3) is 18.5. The standard InChI is InChI=1S/C38H68O3S/c1-8-9-10-11-12-13-14-15-16-17-18-19-20-21-22-23-27-41-35(39)26-29-42-28-24-25-32-30-33(37(2,3)4)36(40)34(31-32)38(5,6)7/h30-31,40H,8-29H2,1-7H3. The van der Waals surface area contributed by atoms with Crippen molar-refractivity contribution in [1.29, 1.82) is 0 Å². The maximum Gasteiger partial charge on any atom is 0.306 e. The number of benzene rings is 1. The molecule has 0 heterocycles. The van der Waals surface area contributed by atoms with Crippen LogP contribution in [0.4, 0.5) is 0 Å². The fourth-order valence-corrected chi connectivity index (χ4v) is 6.39. The van der Waals surface area contributed by atoms with Crippen LogP contribution in [0.2, 0.25) is 0 Å². The van der Waals surface area contributed by atoms with Gasteiger partial charge in [0.1, 0.15) is 5.75 Å². The van der Waals surface area contributed by atoms with Crippen LogP contribution in [0.1, 0.15) is 181 Å². The number of phenols is 1. The Morgan fingerprint density at radius 1 is 0.667 bits per heavy atom. The zero-order valence-electron chi connectivity index (χ0n) is 28.9. The number of unbranched alkanes of at least 4 members (excludes halogenated alkanes) is 15. The maximum atomic E-state index is 12.1. The molecule has 0 spiro atoms. The number of hydrogen-bond donors (Lipinski definition) is 1. The second-order valence-electron chi connectivity index (χ2n) is 14.5. The minimum absolute atomic E-state index is 0.0494. The second-order valence-corrected chi connectivity index (χ2v) is 15.8. The molecule has 1 N–H and O–H groups in total. The van der Waals surface area contributed by atoms with E-state index in [1.807, 2.05) is 11.8 Å². The van der Waals surface area contributed by atoms with E-state index in [9.17, 15) is 9.90 Å². The molecule has 0 aliphatic carbocycles. The van der Waals surface area contributed by atoms with Crippen molar-refractivity contribution in [3.63, 3.8) is 0 Å². The second kappa shape index (κ2) is 22.4. The summed E-state index contributed by atoms with van der Waals surface area (Å²) in [6, 6.07) is 4.37. The number of carbonyl (C=O) groups is 1. The zero-order chi connectivity index (χ0) is 31.3. The van der Waals surface area contributed by atoms with E-state index in [1.54, 1.807) is 0 Å². The molecule has 0 aromatic heterocycles. The first-order valence-electron chi connectivity index (χ1n) is 17.6. The van der Waals surface area contributed by atoms with Crippen molar-refractivity contribution < 1.29 is 14.6 Å². The first kappa shape index (κ1) is 38.9. The molecule has 1 rings (SSSR count). The van der Waals surface area contributed by atoms with Gasteiger partial charge in [0, 0.05) is 5.75 Å². The molecular formula is C38H68O3S. The quantitative estimate of drug-likeness (QED) is 0.0941. The van der Waals surface area contributed by atoms with Crippen LogP contribution >= 0.6 is 11.8 Å². The van der Waals surface area contributed by atoms with E-state index in [0.29, 0.717) is 18.8 Å². The molecule has 0 aliphatic rings. The van der Waals surface area contributed by atoms with E-state index < -0.39 is 0 Å². The largest absolute Gasteiger partial charge is 0.507 e. The summed E-state index contributed by atoms with van der Waals surface area (Å²) in [7, 11) is 0. The molecule has 4 heteroatoms. The average Bonchev–Trinajstić information content (AvgIpc) is 2.91. The molecule has 0 radical (unpaired) electrons. The number of esters is 1. The Morgan fingerprint density at radius 2 is 1.10 bits per heavy atom. The summed E-state index contributed by atoms with van der Waals surface area (Å²) in [6.07, 6.45) is 24.2. The van der Waals surface area contributed by atoms with Crippen LogP contribution in [0.5, 0.6) is 5.75 Å². The highest BCUT2D eigenvalue weighted by atomic mass is 32.2. The number of phenolic OH excluding ortho intramolecular Hbond substituents is 1. The molecule has 42 heavy (non-hydrogen) atoms. The van der Waals surface area contributed by atoms with Gasteiger partial charge in [0.2, 0.25) is 0 Å². The molecule has 0 saturated heterocycles. The first-order chi connectivity index (χ1) is 20.0. The number of thioether (sulfide) groups is 1. The summed E-state index contributed by atoms with van der Waals surface area (Å²) in [5, 5.41) is 10.9. The van der Waals surface area contributed by atoms with E-state index in [-0.39, 0.29) is 16.8 Å². The van der Waals surface area contributed by atoms with Crippen molar-refractivity contribution in [2.45, 2.75) is 181 Å². The van der Waals surface area contributed by atoms with E-state index in [2.05, 4.69) is 60.6 Å². The van der Waals surface area contributed by atoms with Crippen molar-refractivity contribution in [2.24, 2.45) is 0 Å². The normalized spacial score (nSPS) is 12.2. The molecule has 0 bridgehead atoms. The van der Waals surface area contributed by atoms with E-state index in [4.69, 9.17) is 4.74 Å². The van der Waals surface area contributed by atoms with Crippen LogP contribution in [0.3, 0.4) is 0 Å². The molecule has 244 valence electrons. The third-order valence-electron chi connectivity index (χ3n) is 8.25. The Bertz CT molecular complexity index is 799. The Labute approximate surface area is 265 Å². The number of aryl methyl sites for hydroxylation is 1. The molecule has 0 aliphatic heterocycles. The Kier molecular flexibility index (Phi) is 20.7. The van der Waals surface area contributed by atoms with Gasteiger partial charge in [-0.15, -0.1) is 0 Å². The van der Waals surface area contributed by atoms with Gasteiger partial charge in [-0.3, -0.25) is 4.79 Å². The predicted molar refractivity (Wildman–Crippen MR) is 186 cm³/mol. The van der Waals surface area contributed by atoms with Crippen molar-refractivity contribution in [1.82, 2.24) is 0 Å². The van der Waals surface area contributed by atoms with E-state index in [1.165, 1.54) is 102 Å². The summed E-state index contributed by atoms with van der Waals surface area (Å²) in [4.78, 5) is 12.1. The molecule has 1 aromatic rings. The highest BCUT2D eigenvalue weighted by molar-refractivity contribution is 7.99. The highest BCUT2D eigenvalue weighted by Gasteiger charge is 2.26. The molecule has 0 saturated carbocycles. The number of carbonyl (C=O) groups excluding carboxylic acids is 1. The monoisotopic (exact) mass is 604 g/mol. The smallest absolute Gasteiger partial charge is 0.306 e. The van der Waals surface area contributed by atoms with Gasteiger partial charge in [-0.2, -0.15) is 11.8 Å². The van der Waals surface area contributed by atoms with Crippen LogP contribution in [0.25, 0.3) is 0 Å². The van der Waals surface area contributed by atoms with Crippen molar-refractivity contribution in [2.75, 3.05) is 18.1 Å². The fraction of sp³-hybridized carbons (Fsp3) is 0.816. The van der Waals surface area contributed by atoms with Crippen LogP contribution in [0, 0.1) is 0 Å². The van der Waals surface area contributed by atoms with E-state index >= 15 is 0 Å². The lowest BCUT2D eigenvalue weighted by Gasteiger charge is -2.28. The summed E-state index contributed by atoms with van der Waals surface area (Å²) in [5.41, 5.74) is 3.17. The fourth-order valence-electron chi connectivity index (χ4n) is 5.53. The topological polar surface area (TPSA) is 46.5 Å². The summed E-state index contributed by atoms with van der Waals surface area (Å²) < 4.78 is 5.46. The van der Waals surface area contributed by atoms with Gasteiger partial charge in [0.15, 0.2) is 0 Å². The number of rotatable bonds is 24. The average molecular weight is 605 g/mol. The van der Waals surface area contributed by atoms with Gasteiger partial charge < -0.3 is 9.84 Å². The lowest BCUT2D eigenvalue weighted by Crippen LogP contribution is -2.18. The van der Waals surface area contributed by atoms with Crippen molar-refractivity contribution in [3.8, 4) is 5.75 Å². The molecule has 0 atom stereocenters. The number of hydrogen-bond acceptors (Lipinski definition) is 4. The van der Waals surface area contributed by atoms with Gasteiger partial charge in [-0.25, -0.2) is 0 Å². The van der Waals surface area contributed by atoms with Crippen molar-refractivity contribution in [3.05, 3.63) is 28.8 Å². The number of ether oxygens (including phenoxy) is 1.